The van der Waals surface area contributed by atoms with Gasteiger partial charge in [0.15, 0.2) is 5.75 Å². The van der Waals surface area contributed by atoms with Crippen LogP contribution in [0.5, 0.6) is 17.2 Å². The number of methoxy groups -OCH3 is 3. The second kappa shape index (κ2) is 11.9. The van der Waals surface area contributed by atoms with Gasteiger partial charge in [-0.25, -0.2) is 0 Å². The molecule has 3 nitrogen and oxygen atoms in total. The predicted octanol–water partition coefficient (Wildman–Crippen LogP) is 8.01. The van der Waals surface area contributed by atoms with E-state index in [0.29, 0.717) is 11.3 Å². The van der Waals surface area contributed by atoms with E-state index in [1.54, 1.807) is 14.2 Å². The second-order valence-electron chi connectivity index (χ2n) is 10.6. The van der Waals surface area contributed by atoms with Crippen LogP contribution in [0.4, 0.5) is 0 Å². The monoisotopic (exact) mass is 517 g/mol. The number of rotatable bonds is 8. The zero-order valence-corrected chi connectivity index (χ0v) is 23.6. The third-order valence-electron chi connectivity index (χ3n) is 8.78. The fourth-order valence-electron chi connectivity index (χ4n) is 7.18. The third-order valence-corrected chi connectivity index (χ3v) is 14.5. The van der Waals surface area contributed by atoms with Crippen LogP contribution in [0.3, 0.4) is 0 Å². The normalized spacial score (nSPS) is 17.4. The summed E-state index contributed by atoms with van der Waals surface area (Å²) in [4.78, 5) is 0. The molecule has 0 atom stereocenters. The molecule has 0 aliphatic heterocycles. The van der Waals surface area contributed by atoms with Crippen molar-refractivity contribution in [3.05, 3.63) is 66.7 Å². The van der Waals surface area contributed by atoms with Crippen LogP contribution in [0.2, 0.25) is 0 Å². The maximum Gasteiger partial charge on any atom is 0.161 e. The largest absolute Gasteiger partial charge is 0.497 e. The van der Waals surface area contributed by atoms with Gasteiger partial charge in [0.1, 0.15) is 22.1 Å². The Kier molecular flexibility index (Phi) is 8.40. The molecule has 0 radical (unpaired) electrons. The van der Waals surface area contributed by atoms with E-state index in [1.807, 2.05) is 13.2 Å². The lowest BCUT2D eigenvalue weighted by Crippen LogP contribution is -2.41. The van der Waals surface area contributed by atoms with Gasteiger partial charge in [-0.05, 0) is 87.8 Å². The first-order chi connectivity index (χ1) is 18.2. The summed E-state index contributed by atoms with van der Waals surface area (Å²) in [5.74, 6) is 2.83. The fourth-order valence-corrected chi connectivity index (χ4v) is 13.8. The van der Waals surface area contributed by atoms with E-state index in [0.717, 1.165) is 22.8 Å². The topological polar surface area (TPSA) is 27.7 Å². The van der Waals surface area contributed by atoms with Gasteiger partial charge in [-0.1, -0.05) is 43.2 Å². The predicted molar refractivity (Wildman–Crippen MR) is 158 cm³/mol. The van der Waals surface area contributed by atoms with Gasteiger partial charge in [0.25, 0.3) is 0 Å². The summed E-state index contributed by atoms with van der Waals surface area (Å²) >= 11 is 0. The number of para-hydroxylation sites is 1. The molecule has 0 N–H and O–H groups in total. The summed E-state index contributed by atoms with van der Waals surface area (Å²) in [5.41, 5.74) is 3.79. The molecular weight excluding hydrogens is 475 g/mol. The standard InChI is InChI=1S/C33H42O3P/c1-34-25-22-23-30(35-2)29(24-25)28-18-10-12-20-32(28)37(26-14-6-4-7-15-26,27-16-8-5-9-17-27)33-21-13-11-19-31(33)36-3/h10-13,18-24,26-27H,4-9,14-17H2,1-3H3/q+1. The van der Waals surface area contributed by atoms with Gasteiger partial charge < -0.3 is 14.2 Å². The molecule has 0 bridgehead atoms. The van der Waals surface area contributed by atoms with Gasteiger partial charge in [0, 0.05) is 11.1 Å². The molecule has 2 aliphatic carbocycles. The number of benzene rings is 3. The minimum Gasteiger partial charge on any atom is -0.497 e. The molecule has 2 aliphatic rings. The lowest BCUT2D eigenvalue weighted by Gasteiger charge is -2.44. The highest BCUT2D eigenvalue weighted by molar-refractivity contribution is 7.91. The Labute approximate surface area is 223 Å². The summed E-state index contributed by atoms with van der Waals surface area (Å²) in [6.07, 6.45) is 13.3. The SMILES string of the molecule is COc1ccc(OC)c(-c2ccccc2[P+](c2ccccc2OC)(C2CCCCC2)C2CCCCC2)c1. The number of ether oxygens (including phenoxy) is 3. The van der Waals surface area contributed by atoms with Gasteiger partial charge in [-0.15, -0.1) is 0 Å². The molecule has 3 aromatic carbocycles. The van der Waals surface area contributed by atoms with Crippen LogP contribution in [0, 0.1) is 0 Å². The number of hydrogen-bond donors (Lipinski definition) is 0. The quantitative estimate of drug-likeness (QED) is 0.283. The highest BCUT2D eigenvalue weighted by Gasteiger charge is 2.58. The molecule has 0 spiro atoms. The molecule has 0 aromatic heterocycles. The molecule has 0 heterocycles. The second-order valence-corrected chi connectivity index (χ2v) is 14.6. The Morgan fingerprint density at radius 2 is 1.11 bits per heavy atom. The molecule has 4 heteroatoms. The average Bonchev–Trinajstić information content (AvgIpc) is 2.99. The van der Waals surface area contributed by atoms with Crippen molar-refractivity contribution < 1.29 is 14.2 Å². The Bertz CT molecular complexity index is 1160. The van der Waals surface area contributed by atoms with E-state index in [-0.39, 0.29) is 0 Å². The van der Waals surface area contributed by atoms with Crippen molar-refractivity contribution in [3.8, 4) is 28.4 Å². The Morgan fingerprint density at radius 3 is 1.70 bits per heavy atom. The first-order valence-electron chi connectivity index (χ1n) is 14.1. The highest BCUT2D eigenvalue weighted by atomic mass is 31.2. The van der Waals surface area contributed by atoms with Gasteiger partial charge in [-0.3, -0.25) is 0 Å². The van der Waals surface area contributed by atoms with Crippen LogP contribution in [0.25, 0.3) is 11.1 Å². The van der Waals surface area contributed by atoms with E-state index in [1.165, 1.54) is 80.4 Å². The smallest absolute Gasteiger partial charge is 0.161 e. The lowest BCUT2D eigenvalue weighted by molar-refractivity contribution is 0.404. The fraction of sp³-hybridized carbons (Fsp3) is 0.455. The molecule has 3 aromatic rings. The summed E-state index contributed by atoms with van der Waals surface area (Å²) in [7, 11) is 3.49. The first kappa shape index (κ1) is 26.1. The van der Waals surface area contributed by atoms with Crippen molar-refractivity contribution in [2.75, 3.05) is 21.3 Å². The van der Waals surface area contributed by atoms with Crippen LogP contribution in [-0.4, -0.2) is 32.6 Å². The van der Waals surface area contributed by atoms with Crippen molar-refractivity contribution in [1.29, 1.82) is 0 Å². The molecule has 2 saturated carbocycles. The molecule has 196 valence electrons. The Morgan fingerprint density at radius 1 is 0.541 bits per heavy atom. The highest BCUT2D eigenvalue weighted by Crippen LogP contribution is 2.72. The Balaban J connectivity index is 1.85. The van der Waals surface area contributed by atoms with Gasteiger partial charge >= 0.3 is 0 Å². The van der Waals surface area contributed by atoms with Crippen LogP contribution < -0.4 is 24.8 Å². The van der Waals surface area contributed by atoms with Gasteiger partial charge in [0.2, 0.25) is 0 Å². The number of hydrogen-bond acceptors (Lipinski definition) is 3. The van der Waals surface area contributed by atoms with Crippen molar-refractivity contribution >= 4 is 17.9 Å². The summed E-state index contributed by atoms with van der Waals surface area (Å²) in [6, 6.07) is 24.4. The maximum absolute atomic E-state index is 6.16. The summed E-state index contributed by atoms with van der Waals surface area (Å²) in [5, 5.41) is 3.01. The van der Waals surface area contributed by atoms with Crippen LogP contribution in [-0.2, 0) is 0 Å². The average molecular weight is 518 g/mol. The van der Waals surface area contributed by atoms with Gasteiger partial charge in [-0.2, -0.15) is 0 Å². The third kappa shape index (κ3) is 4.88. The van der Waals surface area contributed by atoms with E-state index in [2.05, 4.69) is 60.7 Å². The van der Waals surface area contributed by atoms with Gasteiger partial charge in [0.05, 0.1) is 39.9 Å². The lowest BCUT2D eigenvalue weighted by atomic mass is 9.99. The minimum absolute atomic E-state index is 0.679. The molecule has 5 rings (SSSR count). The van der Waals surface area contributed by atoms with E-state index in [9.17, 15) is 0 Å². The molecular formula is C33H42O3P+. The molecule has 2 fully saturated rings. The first-order valence-corrected chi connectivity index (χ1v) is 16.0. The Hall–Kier alpha value is -2.51. The summed E-state index contributed by atoms with van der Waals surface area (Å²) in [6.45, 7) is 0. The molecule has 0 saturated heterocycles. The molecule has 0 amide bonds. The zero-order valence-electron chi connectivity index (χ0n) is 22.7. The maximum atomic E-state index is 6.16. The van der Waals surface area contributed by atoms with Crippen molar-refractivity contribution in [2.24, 2.45) is 0 Å². The molecule has 0 unspecified atom stereocenters. The van der Waals surface area contributed by atoms with Crippen molar-refractivity contribution in [3.63, 3.8) is 0 Å². The van der Waals surface area contributed by atoms with Crippen molar-refractivity contribution in [2.45, 2.75) is 75.5 Å². The van der Waals surface area contributed by atoms with Crippen molar-refractivity contribution in [1.82, 2.24) is 0 Å². The van der Waals surface area contributed by atoms with Crippen LogP contribution >= 0.6 is 7.26 Å². The summed E-state index contributed by atoms with van der Waals surface area (Å²) < 4.78 is 17.8. The van der Waals surface area contributed by atoms with Crippen LogP contribution in [0.15, 0.2) is 66.7 Å². The van der Waals surface area contributed by atoms with E-state index in [4.69, 9.17) is 14.2 Å². The van der Waals surface area contributed by atoms with E-state index < -0.39 is 7.26 Å². The zero-order chi connectivity index (χ0) is 25.7. The van der Waals surface area contributed by atoms with E-state index >= 15 is 0 Å². The van der Waals surface area contributed by atoms with Crippen LogP contribution in [0.1, 0.15) is 64.2 Å². The molecule has 37 heavy (non-hydrogen) atoms. The minimum atomic E-state index is -1.88.